The van der Waals surface area contributed by atoms with Crippen LogP contribution in [-0.2, 0) is 7.05 Å². The smallest absolute Gasteiger partial charge is 0.237 e. The van der Waals surface area contributed by atoms with E-state index in [1.165, 1.54) is 5.56 Å². The van der Waals surface area contributed by atoms with E-state index in [1.807, 2.05) is 61.7 Å². The lowest BCUT2D eigenvalue weighted by atomic mass is 10.2. The predicted molar refractivity (Wildman–Crippen MR) is 90.6 cm³/mol. The molecule has 0 amide bonds. The first-order chi connectivity index (χ1) is 10.8. The highest BCUT2D eigenvalue weighted by atomic mass is 16.5. The van der Waals surface area contributed by atoms with Crippen molar-refractivity contribution in [1.82, 2.24) is 0 Å². The fourth-order valence-electron chi connectivity index (χ4n) is 2.19. The van der Waals surface area contributed by atoms with Crippen molar-refractivity contribution in [3.63, 3.8) is 0 Å². The van der Waals surface area contributed by atoms with Crippen LogP contribution in [0.4, 0.5) is 0 Å². The Hall–Kier alpha value is -2.87. The highest BCUT2D eigenvalue weighted by Crippen LogP contribution is 2.11. The Balaban J connectivity index is 1.76. The summed E-state index contributed by atoms with van der Waals surface area (Å²) >= 11 is 0. The molecule has 3 rings (SSSR count). The number of rotatable bonds is 4. The van der Waals surface area contributed by atoms with E-state index >= 15 is 0 Å². The number of hydrogen-bond donors (Lipinski definition) is 0. The first-order valence-corrected chi connectivity index (χ1v) is 7.28. The molecular formula is C20H18NO+. The van der Waals surface area contributed by atoms with Crippen LogP contribution in [0.1, 0.15) is 22.6 Å². The van der Waals surface area contributed by atoms with E-state index < -0.39 is 0 Å². The molecular weight excluding hydrogens is 270 g/mol. The van der Waals surface area contributed by atoms with Gasteiger partial charge in [-0.05, 0) is 28.0 Å². The minimum Gasteiger partial charge on any atom is -0.237 e. The lowest BCUT2D eigenvalue weighted by molar-refractivity contribution is -0.846. The number of benzene rings is 2. The van der Waals surface area contributed by atoms with E-state index in [0.717, 1.165) is 17.0 Å². The second-order valence-electron chi connectivity index (χ2n) is 5.05. The summed E-state index contributed by atoms with van der Waals surface area (Å²) in [6.45, 7) is 0. The largest absolute Gasteiger partial charge is 0.254 e. The summed E-state index contributed by atoms with van der Waals surface area (Å²) in [7, 11) is 1.91. The molecule has 0 saturated heterocycles. The van der Waals surface area contributed by atoms with Crippen LogP contribution in [0.5, 0.6) is 0 Å². The molecule has 2 nitrogen and oxygen atoms in total. The Morgan fingerprint density at radius 1 is 0.727 bits per heavy atom. The van der Waals surface area contributed by atoms with Gasteiger partial charge in [-0.15, -0.1) is 0 Å². The molecule has 2 heteroatoms. The molecule has 3 aromatic rings. The molecule has 1 aromatic heterocycles. The molecule has 0 radical (unpaired) electrons. The zero-order chi connectivity index (χ0) is 15.2. The summed E-state index contributed by atoms with van der Waals surface area (Å²) in [6.07, 6.45) is 8.16. The van der Waals surface area contributed by atoms with E-state index in [4.69, 9.17) is 4.52 Å². The summed E-state index contributed by atoms with van der Waals surface area (Å²) in [6, 6.07) is 22.4. The van der Waals surface area contributed by atoms with Crippen LogP contribution in [0, 0.1) is 0 Å². The van der Waals surface area contributed by atoms with Gasteiger partial charge in [-0.1, -0.05) is 66.7 Å². The highest BCUT2D eigenvalue weighted by molar-refractivity contribution is 5.70. The molecule has 0 aliphatic rings. The van der Waals surface area contributed by atoms with Crippen molar-refractivity contribution in [3.05, 3.63) is 89.3 Å². The van der Waals surface area contributed by atoms with Crippen LogP contribution >= 0.6 is 0 Å². The second kappa shape index (κ2) is 6.72. The van der Waals surface area contributed by atoms with Crippen molar-refractivity contribution in [3.8, 4) is 0 Å². The number of nitrogens with zero attached hydrogens (tertiary/aromatic N) is 1. The van der Waals surface area contributed by atoms with Crippen LogP contribution in [0.2, 0.25) is 0 Å². The Morgan fingerprint density at radius 3 is 1.86 bits per heavy atom. The maximum Gasteiger partial charge on any atom is 0.254 e. The van der Waals surface area contributed by atoms with Gasteiger partial charge in [0.1, 0.15) is 0 Å². The molecule has 22 heavy (non-hydrogen) atoms. The van der Waals surface area contributed by atoms with Gasteiger partial charge >= 0.3 is 0 Å². The Kier molecular flexibility index (Phi) is 4.30. The van der Waals surface area contributed by atoms with Crippen molar-refractivity contribution < 1.29 is 9.26 Å². The van der Waals surface area contributed by atoms with Gasteiger partial charge in [0.05, 0.1) is 6.07 Å². The van der Waals surface area contributed by atoms with Crippen LogP contribution < -0.4 is 4.74 Å². The van der Waals surface area contributed by atoms with E-state index in [0.29, 0.717) is 0 Å². The van der Waals surface area contributed by atoms with E-state index in [2.05, 4.69) is 36.4 Å². The highest BCUT2D eigenvalue weighted by Gasteiger charge is 2.10. The molecule has 0 N–H and O–H groups in total. The van der Waals surface area contributed by atoms with Crippen molar-refractivity contribution in [2.75, 3.05) is 0 Å². The number of aryl methyl sites for hydroxylation is 1. The van der Waals surface area contributed by atoms with Crippen LogP contribution in [-0.4, -0.2) is 0 Å². The third-order valence-corrected chi connectivity index (χ3v) is 3.38. The first-order valence-electron chi connectivity index (χ1n) is 7.28. The van der Waals surface area contributed by atoms with Gasteiger partial charge < -0.3 is 0 Å². The fraction of sp³-hybridized carbons (Fsp3) is 0.0500. The summed E-state index contributed by atoms with van der Waals surface area (Å²) < 4.78 is 7.47. The minimum absolute atomic E-state index is 0.832. The first kappa shape index (κ1) is 14.1. The molecule has 0 atom stereocenters. The zero-order valence-corrected chi connectivity index (χ0v) is 12.5. The zero-order valence-electron chi connectivity index (χ0n) is 12.5. The van der Waals surface area contributed by atoms with Gasteiger partial charge in [-0.2, -0.15) is 0 Å². The molecule has 0 saturated carbocycles. The number of hydrogen-bond acceptors (Lipinski definition) is 1. The predicted octanol–water partition coefficient (Wildman–Crippen LogP) is 4.44. The molecule has 108 valence electrons. The molecule has 2 aromatic carbocycles. The van der Waals surface area contributed by atoms with Crippen molar-refractivity contribution in [2.45, 2.75) is 0 Å². The standard InChI is InChI=1S/C20H18NO/c1-21-19(14-12-17-8-4-2-5-9-17)16-20(22-21)15-13-18-10-6-3-7-11-18/h2-16H,1H3/q+1/b14-12+,15-13+. The van der Waals surface area contributed by atoms with Gasteiger partial charge in [0, 0.05) is 6.08 Å². The minimum atomic E-state index is 0.832. The lowest BCUT2D eigenvalue weighted by Crippen LogP contribution is -2.27. The number of aromatic nitrogens is 1. The maximum atomic E-state index is 5.70. The summed E-state index contributed by atoms with van der Waals surface area (Å²) in [4.78, 5) is 0. The van der Waals surface area contributed by atoms with E-state index in [1.54, 1.807) is 4.74 Å². The quantitative estimate of drug-likeness (QED) is 0.648. The van der Waals surface area contributed by atoms with Gasteiger partial charge in [0.15, 0.2) is 7.05 Å². The summed E-state index contributed by atoms with van der Waals surface area (Å²) in [5.41, 5.74) is 3.35. The van der Waals surface area contributed by atoms with Crippen LogP contribution in [0.15, 0.2) is 71.3 Å². The molecule has 0 fully saturated rings. The van der Waals surface area contributed by atoms with E-state index in [-0.39, 0.29) is 0 Å². The fourth-order valence-corrected chi connectivity index (χ4v) is 2.19. The summed E-state index contributed by atoms with van der Waals surface area (Å²) in [5.74, 6) is 0.832. The maximum absolute atomic E-state index is 5.70. The molecule has 0 aliphatic heterocycles. The van der Waals surface area contributed by atoms with Crippen LogP contribution in [0.25, 0.3) is 24.3 Å². The molecule has 0 spiro atoms. The van der Waals surface area contributed by atoms with Gasteiger partial charge in [0.2, 0.25) is 5.76 Å². The molecule has 1 heterocycles. The normalized spacial score (nSPS) is 11.5. The Labute approximate surface area is 130 Å². The van der Waals surface area contributed by atoms with Crippen molar-refractivity contribution in [2.24, 2.45) is 7.05 Å². The third-order valence-electron chi connectivity index (χ3n) is 3.38. The average molecular weight is 288 g/mol. The lowest BCUT2D eigenvalue weighted by Gasteiger charge is -1.88. The monoisotopic (exact) mass is 288 g/mol. The molecule has 0 bridgehead atoms. The average Bonchev–Trinajstić information content (AvgIpc) is 2.93. The van der Waals surface area contributed by atoms with Gasteiger partial charge in [0.25, 0.3) is 5.69 Å². The topological polar surface area (TPSA) is 17.0 Å². The third kappa shape index (κ3) is 3.61. The summed E-state index contributed by atoms with van der Waals surface area (Å²) in [5, 5.41) is 0. The van der Waals surface area contributed by atoms with Crippen molar-refractivity contribution >= 4 is 24.3 Å². The molecule has 0 unspecified atom stereocenters. The van der Waals surface area contributed by atoms with Gasteiger partial charge in [-0.3, -0.25) is 0 Å². The van der Waals surface area contributed by atoms with Crippen molar-refractivity contribution in [1.29, 1.82) is 0 Å². The Bertz CT molecular complexity index is 783. The Morgan fingerprint density at radius 2 is 1.27 bits per heavy atom. The second-order valence-corrected chi connectivity index (χ2v) is 5.05. The molecule has 0 aliphatic carbocycles. The van der Waals surface area contributed by atoms with Gasteiger partial charge in [-0.25, -0.2) is 4.52 Å². The van der Waals surface area contributed by atoms with E-state index in [9.17, 15) is 0 Å². The SMILES string of the molecule is C[n+]1oc(/C=C/c2ccccc2)cc1/C=C/c1ccccc1. The van der Waals surface area contributed by atoms with Crippen LogP contribution in [0.3, 0.4) is 0 Å².